The van der Waals surface area contributed by atoms with Gasteiger partial charge in [0.05, 0.1) is 0 Å². The quantitative estimate of drug-likeness (QED) is 0.611. The zero-order chi connectivity index (χ0) is 9.35. The minimum atomic E-state index is 0.227. The van der Waals surface area contributed by atoms with Crippen LogP contribution in [0.4, 0.5) is 0 Å². The maximum Gasteiger partial charge on any atom is 0.0283 e. The van der Waals surface area contributed by atoms with Crippen molar-refractivity contribution < 1.29 is 0 Å². The normalized spacial score (nSPS) is 18.7. The Morgan fingerprint density at radius 2 is 1.83 bits per heavy atom. The lowest BCUT2D eigenvalue weighted by Crippen LogP contribution is -2.39. The molecule has 0 heterocycles. The minimum absolute atomic E-state index is 0.227. The van der Waals surface area contributed by atoms with Gasteiger partial charge in [-0.2, -0.15) is 0 Å². The molecule has 1 rings (SSSR count). The molecule has 0 atom stereocenters. The van der Waals surface area contributed by atoms with Gasteiger partial charge in [-0.3, -0.25) is 0 Å². The first kappa shape index (κ1) is 9.63. The number of rotatable bonds is 2. The van der Waals surface area contributed by atoms with E-state index < -0.39 is 0 Å². The maximum atomic E-state index is 4.15. The van der Waals surface area contributed by atoms with Gasteiger partial charge in [-0.25, -0.2) is 0 Å². The molecule has 0 N–H and O–H groups in total. The van der Waals surface area contributed by atoms with Gasteiger partial charge in [0.1, 0.15) is 0 Å². The molecule has 1 heteroatoms. The van der Waals surface area contributed by atoms with Crippen molar-refractivity contribution in [1.82, 2.24) is 4.90 Å². The molecule has 70 valence electrons. The fourth-order valence-corrected chi connectivity index (χ4v) is 1.52. The Balaban J connectivity index is 2.51. The Bertz CT molecular complexity index is 172. The van der Waals surface area contributed by atoms with Gasteiger partial charge in [0.15, 0.2) is 0 Å². The molecule has 1 fully saturated rings. The van der Waals surface area contributed by atoms with E-state index in [2.05, 4.69) is 39.3 Å². The average molecular weight is 167 g/mol. The van der Waals surface area contributed by atoms with Crippen LogP contribution in [-0.4, -0.2) is 18.0 Å². The topological polar surface area (TPSA) is 3.24 Å². The van der Waals surface area contributed by atoms with E-state index in [9.17, 15) is 0 Å². The van der Waals surface area contributed by atoms with E-state index in [1.807, 2.05) is 0 Å². The summed E-state index contributed by atoms with van der Waals surface area (Å²) in [6.07, 6.45) is 4.10. The van der Waals surface area contributed by atoms with E-state index in [4.69, 9.17) is 0 Å². The summed E-state index contributed by atoms with van der Waals surface area (Å²) in [4.78, 5) is 2.36. The predicted octanol–water partition coefficient (Wildman–Crippen LogP) is 3.03. The minimum Gasteiger partial charge on any atom is -0.375 e. The molecule has 0 spiro atoms. The monoisotopic (exact) mass is 167 g/mol. The Morgan fingerprint density at radius 3 is 2.08 bits per heavy atom. The SMILES string of the molecule is C=C(N(C)C1CCC1)C(C)(C)C. The third-order valence-corrected chi connectivity index (χ3v) is 2.91. The smallest absolute Gasteiger partial charge is 0.0283 e. The molecule has 0 aromatic rings. The molecule has 0 bridgehead atoms. The summed E-state index contributed by atoms with van der Waals surface area (Å²) in [7, 11) is 2.18. The Morgan fingerprint density at radius 1 is 1.33 bits per heavy atom. The first-order chi connectivity index (χ1) is 5.43. The van der Waals surface area contributed by atoms with Gasteiger partial charge >= 0.3 is 0 Å². The van der Waals surface area contributed by atoms with Crippen molar-refractivity contribution in [3.8, 4) is 0 Å². The van der Waals surface area contributed by atoms with Crippen molar-refractivity contribution in [2.75, 3.05) is 7.05 Å². The maximum absolute atomic E-state index is 4.15. The largest absolute Gasteiger partial charge is 0.375 e. The number of hydrogen-bond donors (Lipinski definition) is 0. The second-order valence-electron chi connectivity index (χ2n) is 4.89. The third kappa shape index (κ3) is 1.82. The molecule has 0 aliphatic heterocycles. The van der Waals surface area contributed by atoms with Crippen LogP contribution in [-0.2, 0) is 0 Å². The Kier molecular flexibility index (Phi) is 2.50. The van der Waals surface area contributed by atoms with Crippen LogP contribution in [0.3, 0.4) is 0 Å². The van der Waals surface area contributed by atoms with Crippen molar-refractivity contribution in [3.05, 3.63) is 12.3 Å². The highest BCUT2D eigenvalue weighted by Crippen LogP contribution is 2.32. The van der Waals surface area contributed by atoms with E-state index in [1.54, 1.807) is 0 Å². The van der Waals surface area contributed by atoms with Crippen molar-refractivity contribution in [2.24, 2.45) is 5.41 Å². The van der Waals surface area contributed by atoms with Gasteiger partial charge in [0.2, 0.25) is 0 Å². The van der Waals surface area contributed by atoms with Crippen molar-refractivity contribution in [2.45, 2.75) is 46.1 Å². The number of hydrogen-bond acceptors (Lipinski definition) is 1. The van der Waals surface area contributed by atoms with E-state index in [1.165, 1.54) is 25.0 Å². The first-order valence-corrected chi connectivity index (χ1v) is 4.85. The van der Waals surface area contributed by atoms with E-state index in [0.29, 0.717) is 0 Å². The van der Waals surface area contributed by atoms with Crippen molar-refractivity contribution in [3.63, 3.8) is 0 Å². The first-order valence-electron chi connectivity index (χ1n) is 4.85. The molecular formula is C11H21N. The van der Waals surface area contributed by atoms with E-state index in [0.717, 1.165) is 6.04 Å². The lowest BCUT2D eigenvalue weighted by atomic mass is 9.86. The molecule has 12 heavy (non-hydrogen) atoms. The molecule has 0 saturated heterocycles. The van der Waals surface area contributed by atoms with Gasteiger partial charge in [0, 0.05) is 24.2 Å². The molecule has 1 saturated carbocycles. The highest BCUT2D eigenvalue weighted by molar-refractivity contribution is 5.06. The lowest BCUT2D eigenvalue weighted by molar-refractivity contribution is 0.169. The van der Waals surface area contributed by atoms with Crippen LogP contribution in [0.5, 0.6) is 0 Å². The average Bonchev–Trinajstić information content (AvgIpc) is 1.79. The molecule has 0 aromatic heterocycles. The van der Waals surface area contributed by atoms with Gasteiger partial charge in [-0.1, -0.05) is 27.4 Å². The van der Waals surface area contributed by atoms with Crippen LogP contribution in [0.1, 0.15) is 40.0 Å². The summed E-state index contributed by atoms with van der Waals surface area (Å²) in [5.74, 6) is 0. The fraction of sp³-hybridized carbons (Fsp3) is 0.818. The number of allylic oxidation sites excluding steroid dienone is 1. The summed E-state index contributed by atoms with van der Waals surface area (Å²) >= 11 is 0. The van der Waals surface area contributed by atoms with Crippen LogP contribution in [0.25, 0.3) is 0 Å². The summed E-state index contributed by atoms with van der Waals surface area (Å²) in [5, 5.41) is 0. The van der Waals surface area contributed by atoms with Crippen molar-refractivity contribution in [1.29, 1.82) is 0 Å². The zero-order valence-corrected chi connectivity index (χ0v) is 8.85. The number of nitrogens with zero attached hydrogens (tertiary/aromatic N) is 1. The molecule has 0 unspecified atom stereocenters. The van der Waals surface area contributed by atoms with Crippen LogP contribution >= 0.6 is 0 Å². The van der Waals surface area contributed by atoms with Crippen LogP contribution in [0.2, 0.25) is 0 Å². The van der Waals surface area contributed by atoms with Crippen LogP contribution < -0.4 is 0 Å². The van der Waals surface area contributed by atoms with Gasteiger partial charge in [-0.05, 0) is 19.3 Å². The molecule has 1 nitrogen and oxygen atoms in total. The van der Waals surface area contributed by atoms with Gasteiger partial charge in [0.25, 0.3) is 0 Å². The Labute approximate surface area is 76.5 Å². The molecule has 0 amide bonds. The van der Waals surface area contributed by atoms with E-state index >= 15 is 0 Å². The van der Waals surface area contributed by atoms with Crippen LogP contribution in [0.15, 0.2) is 12.3 Å². The van der Waals surface area contributed by atoms with E-state index in [-0.39, 0.29) is 5.41 Å². The molecule has 0 aromatic carbocycles. The van der Waals surface area contributed by atoms with Crippen LogP contribution in [0, 0.1) is 5.41 Å². The summed E-state index contributed by atoms with van der Waals surface area (Å²) in [6, 6.07) is 0.775. The van der Waals surface area contributed by atoms with Gasteiger partial charge in [-0.15, -0.1) is 0 Å². The molecule has 1 aliphatic carbocycles. The summed E-state index contributed by atoms with van der Waals surface area (Å²) in [5.41, 5.74) is 1.50. The fourth-order valence-electron chi connectivity index (χ4n) is 1.52. The van der Waals surface area contributed by atoms with Gasteiger partial charge < -0.3 is 4.90 Å². The molecular weight excluding hydrogens is 146 g/mol. The zero-order valence-electron chi connectivity index (χ0n) is 8.85. The highest BCUT2D eigenvalue weighted by atomic mass is 15.2. The molecule has 1 aliphatic rings. The molecule has 0 radical (unpaired) electrons. The Hall–Kier alpha value is -0.460. The standard InChI is InChI=1S/C11H21N/c1-9(11(2,3)4)12(5)10-7-6-8-10/h10H,1,6-8H2,2-5H3. The second kappa shape index (κ2) is 3.12. The summed E-state index contributed by atoms with van der Waals surface area (Å²) < 4.78 is 0. The lowest BCUT2D eigenvalue weighted by Gasteiger charge is -2.41. The second-order valence-corrected chi connectivity index (χ2v) is 4.89. The summed E-state index contributed by atoms with van der Waals surface area (Å²) in [6.45, 7) is 10.8. The highest BCUT2D eigenvalue weighted by Gasteiger charge is 2.27. The third-order valence-electron chi connectivity index (χ3n) is 2.91. The van der Waals surface area contributed by atoms with Crippen molar-refractivity contribution >= 4 is 0 Å². The predicted molar refractivity (Wildman–Crippen MR) is 54.0 cm³/mol.